The third-order valence-corrected chi connectivity index (χ3v) is 5.89. The molecule has 1 saturated heterocycles. The maximum absolute atomic E-state index is 12.8. The van der Waals surface area contributed by atoms with Gasteiger partial charge in [-0.15, -0.1) is 11.3 Å². The van der Waals surface area contributed by atoms with Crippen LogP contribution in [0.15, 0.2) is 24.3 Å². The van der Waals surface area contributed by atoms with Crippen molar-refractivity contribution in [3.8, 4) is 0 Å². The van der Waals surface area contributed by atoms with Gasteiger partial charge in [-0.3, -0.25) is 9.59 Å². The van der Waals surface area contributed by atoms with Gasteiger partial charge in [0.25, 0.3) is 5.91 Å². The summed E-state index contributed by atoms with van der Waals surface area (Å²) in [7, 11) is 0. The number of fused-ring (bicyclic) bond motifs is 1. The Morgan fingerprint density at radius 1 is 1.04 bits per heavy atom. The molecule has 2 aromatic rings. The molecule has 1 aromatic heterocycles. The van der Waals surface area contributed by atoms with Gasteiger partial charge in [-0.2, -0.15) is 0 Å². The molecule has 24 heavy (non-hydrogen) atoms. The minimum Gasteiger partial charge on any atom is -0.339 e. The zero-order valence-corrected chi connectivity index (χ0v) is 15.7. The lowest BCUT2D eigenvalue weighted by Crippen LogP contribution is -2.53. The molecular weight excluding hydrogens is 344 g/mol. The van der Waals surface area contributed by atoms with Crippen LogP contribution in [0.3, 0.4) is 0 Å². The van der Waals surface area contributed by atoms with Crippen LogP contribution >= 0.6 is 22.9 Å². The first-order valence-electron chi connectivity index (χ1n) is 8.04. The number of rotatable bonds is 1. The number of carbonyl (C=O) groups excluding carboxylic acids is 2. The second-order valence-electron chi connectivity index (χ2n) is 7.08. The molecule has 128 valence electrons. The van der Waals surface area contributed by atoms with E-state index in [-0.39, 0.29) is 17.2 Å². The van der Waals surface area contributed by atoms with Crippen LogP contribution in [0.5, 0.6) is 0 Å². The molecule has 0 bridgehead atoms. The van der Waals surface area contributed by atoms with Crippen LogP contribution in [0.4, 0.5) is 0 Å². The summed E-state index contributed by atoms with van der Waals surface area (Å²) < 4.78 is 1.02. The SMILES string of the molecule is CC(C)(C)C(=O)N1CCN(C(=O)c2sc3ccccc3c2Cl)CC1. The van der Waals surface area contributed by atoms with E-state index in [0.717, 1.165) is 10.1 Å². The van der Waals surface area contributed by atoms with E-state index in [9.17, 15) is 9.59 Å². The number of piperazine rings is 1. The third-order valence-electron chi connectivity index (χ3n) is 4.22. The number of hydrogen-bond acceptors (Lipinski definition) is 3. The van der Waals surface area contributed by atoms with Gasteiger partial charge in [-0.1, -0.05) is 50.6 Å². The van der Waals surface area contributed by atoms with Crippen LogP contribution in [-0.2, 0) is 4.79 Å². The van der Waals surface area contributed by atoms with Crippen molar-refractivity contribution in [1.82, 2.24) is 9.80 Å². The van der Waals surface area contributed by atoms with Crippen molar-refractivity contribution in [3.05, 3.63) is 34.2 Å². The number of carbonyl (C=O) groups is 2. The van der Waals surface area contributed by atoms with Gasteiger partial charge < -0.3 is 9.80 Å². The number of nitrogens with zero attached hydrogens (tertiary/aromatic N) is 2. The van der Waals surface area contributed by atoms with Crippen molar-refractivity contribution < 1.29 is 9.59 Å². The highest BCUT2D eigenvalue weighted by Crippen LogP contribution is 2.36. The highest BCUT2D eigenvalue weighted by atomic mass is 35.5. The van der Waals surface area contributed by atoms with Crippen molar-refractivity contribution in [2.75, 3.05) is 26.2 Å². The number of hydrogen-bond donors (Lipinski definition) is 0. The predicted octanol–water partition coefficient (Wildman–Crippen LogP) is 3.89. The van der Waals surface area contributed by atoms with E-state index < -0.39 is 0 Å². The second-order valence-corrected chi connectivity index (χ2v) is 8.51. The maximum Gasteiger partial charge on any atom is 0.265 e. The number of thiophene rings is 1. The van der Waals surface area contributed by atoms with Crippen molar-refractivity contribution in [1.29, 1.82) is 0 Å². The molecule has 3 rings (SSSR count). The van der Waals surface area contributed by atoms with Crippen LogP contribution < -0.4 is 0 Å². The fourth-order valence-corrected chi connectivity index (χ4v) is 4.36. The van der Waals surface area contributed by atoms with Crippen LogP contribution in [0.1, 0.15) is 30.4 Å². The van der Waals surface area contributed by atoms with Crippen LogP contribution in [0.2, 0.25) is 5.02 Å². The maximum atomic E-state index is 12.8. The minimum atomic E-state index is -0.388. The van der Waals surface area contributed by atoms with E-state index >= 15 is 0 Å². The molecule has 6 heteroatoms. The summed E-state index contributed by atoms with van der Waals surface area (Å²) in [6.45, 7) is 8.00. The van der Waals surface area contributed by atoms with E-state index in [1.165, 1.54) is 11.3 Å². The summed E-state index contributed by atoms with van der Waals surface area (Å²) in [5, 5.41) is 1.46. The molecule has 0 radical (unpaired) electrons. The minimum absolute atomic E-state index is 0.0379. The Balaban J connectivity index is 1.73. The third kappa shape index (κ3) is 3.15. The Labute approximate surface area is 151 Å². The predicted molar refractivity (Wildman–Crippen MR) is 98.8 cm³/mol. The molecule has 1 aliphatic rings. The lowest BCUT2D eigenvalue weighted by Gasteiger charge is -2.37. The summed E-state index contributed by atoms with van der Waals surface area (Å²) in [5.74, 6) is 0.0959. The monoisotopic (exact) mass is 364 g/mol. The van der Waals surface area contributed by atoms with Gasteiger partial charge in [0.15, 0.2) is 0 Å². The average molecular weight is 365 g/mol. The van der Waals surface area contributed by atoms with Crippen LogP contribution in [0.25, 0.3) is 10.1 Å². The topological polar surface area (TPSA) is 40.6 Å². The molecule has 1 fully saturated rings. The van der Waals surface area contributed by atoms with Crippen molar-refractivity contribution in [2.45, 2.75) is 20.8 Å². The normalized spacial score (nSPS) is 15.8. The molecule has 4 nitrogen and oxygen atoms in total. The molecule has 0 N–H and O–H groups in total. The van der Waals surface area contributed by atoms with Gasteiger partial charge in [0.2, 0.25) is 5.91 Å². The molecule has 1 aliphatic heterocycles. The summed E-state index contributed by atoms with van der Waals surface area (Å²) in [4.78, 5) is 29.4. The summed E-state index contributed by atoms with van der Waals surface area (Å²) in [6.07, 6.45) is 0. The van der Waals surface area contributed by atoms with E-state index in [4.69, 9.17) is 11.6 Å². The van der Waals surface area contributed by atoms with Gasteiger partial charge in [-0.05, 0) is 6.07 Å². The van der Waals surface area contributed by atoms with Gasteiger partial charge in [0, 0.05) is 41.7 Å². The molecule has 0 saturated carbocycles. The summed E-state index contributed by atoms with van der Waals surface area (Å²) >= 11 is 7.84. The Kier molecular flexibility index (Phi) is 4.58. The van der Waals surface area contributed by atoms with E-state index in [1.807, 2.05) is 49.9 Å². The van der Waals surface area contributed by atoms with Gasteiger partial charge in [0.1, 0.15) is 4.88 Å². The first kappa shape index (κ1) is 17.2. The molecule has 2 amide bonds. The molecule has 0 unspecified atom stereocenters. The quantitative estimate of drug-likeness (QED) is 0.770. The summed E-state index contributed by atoms with van der Waals surface area (Å²) in [6, 6.07) is 7.78. The first-order valence-corrected chi connectivity index (χ1v) is 9.24. The van der Waals surface area contributed by atoms with Gasteiger partial charge in [-0.25, -0.2) is 0 Å². The molecule has 1 aromatic carbocycles. The molecule has 0 aliphatic carbocycles. The zero-order valence-electron chi connectivity index (χ0n) is 14.1. The molecule has 2 heterocycles. The Bertz CT molecular complexity index is 786. The highest BCUT2D eigenvalue weighted by Gasteiger charge is 2.32. The number of benzene rings is 1. The Hall–Kier alpha value is -1.59. The first-order chi connectivity index (χ1) is 11.3. The van der Waals surface area contributed by atoms with Crippen molar-refractivity contribution in [3.63, 3.8) is 0 Å². The van der Waals surface area contributed by atoms with E-state index in [2.05, 4.69) is 0 Å². The standard InChI is InChI=1S/C18H21ClN2O2S/c1-18(2,3)17(23)21-10-8-20(9-11-21)16(22)15-14(19)12-6-4-5-7-13(12)24-15/h4-7H,8-11H2,1-3H3. The second kappa shape index (κ2) is 6.37. The Morgan fingerprint density at radius 2 is 1.62 bits per heavy atom. The lowest BCUT2D eigenvalue weighted by molar-refractivity contribution is -0.140. The van der Waals surface area contributed by atoms with Gasteiger partial charge >= 0.3 is 0 Å². The highest BCUT2D eigenvalue weighted by molar-refractivity contribution is 7.21. The smallest absolute Gasteiger partial charge is 0.265 e. The van der Waals surface area contributed by atoms with Crippen molar-refractivity contribution >= 4 is 44.8 Å². The number of halogens is 1. The fraction of sp³-hybridized carbons (Fsp3) is 0.444. The zero-order chi connectivity index (χ0) is 17.5. The molecular formula is C18H21ClN2O2S. The van der Waals surface area contributed by atoms with E-state index in [1.54, 1.807) is 4.90 Å². The van der Waals surface area contributed by atoms with E-state index in [0.29, 0.717) is 36.1 Å². The molecule has 0 atom stereocenters. The average Bonchev–Trinajstić information content (AvgIpc) is 2.90. The lowest BCUT2D eigenvalue weighted by atomic mass is 9.94. The molecule has 0 spiro atoms. The largest absolute Gasteiger partial charge is 0.339 e. The van der Waals surface area contributed by atoms with Crippen molar-refractivity contribution in [2.24, 2.45) is 5.41 Å². The number of amides is 2. The fourth-order valence-electron chi connectivity index (χ4n) is 2.88. The van der Waals surface area contributed by atoms with Crippen LogP contribution in [0, 0.1) is 5.41 Å². The Morgan fingerprint density at radius 3 is 2.21 bits per heavy atom. The van der Waals surface area contributed by atoms with Gasteiger partial charge in [0.05, 0.1) is 5.02 Å². The summed E-state index contributed by atoms with van der Waals surface area (Å²) in [5.41, 5.74) is -0.388. The van der Waals surface area contributed by atoms with Crippen LogP contribution in [-0.4, -0.2) is 47.8 Å².